The number of β-amino-alcohol motifs (C(OH)–C–C–N with tert-alkyl or cyclic N) is 1. The molecule has 0 saturated carbocycles. The van der Waals surface area contributed by atoms with E-state index in [2.05, 4.69) is 0 Å². The van der Waals surface area contributed by atoms with Crippen molar-refractivity contribution in [2.45, 2.75) is 12.7 Å². The highest BCUT2D eigenvalue weighted by atomic mass is 35.5. The lowest BCUT2D eigenvalue weighted by atomic mass is 10.1. The highest BCUT2D eigenvalue weighted by molar-refractivity contribution is 6.32. The number of anilines is 2. The third-order valence-electron chi connectivity index (χ3n) is 4.11. The minimum Gasteiger partial charge on any atom is -0.495 e. The quantitative estimate of drug-likeness (QED) is 0.832. The third kappa shape index (κ3) is 3.68. The van der Waals surface area contributed by atoms with E-state index in [0.717, 1.165) is 17.7 Å². The van der Waals surface area contributed by atoms with E-state index in [1.54, 1.807) is 34.7 Å². The molecule has 0 saturated heterocycles. The van der Waals surface area contributed by atoms with E-state index in [-0.39, 0.29) is 13.2 Å². The van der Waals surface area contributed by atoms with Crippen LogP contribution in [-0.2, 0) is 12.7 Å². The number of fused-ring (bicyclic) bond motifs is 1. The van der Waals surface area contributed by atoms with Crippen LogP contribution in [0.4, 0.5) is 24.5 Å². The van der Waals surface area contributed by atoms with Gasteiger partial charge in [0, 0.05) is 13.1 Å². The Hall–Kier alpha value is -2.12. The molecule has 139 valence electrons. The Bertz CT molecular complexity index is 798. The molecule has 0 unspecified atom stereocenters. The molecule has 1 heterocycles. The Morgan fingerprint density at radius 1 is 1.08 bits per heavy atom. The van der Waals surface area contributed by atoms with Crippen molar-refractivity contribution in [2.75, 3.05) is 30.1 Å². The van der Waals surface area contributed by atoms with E-state index >= 15 is 0 Å². The maximum absolute atomic E-state index is 13.1. The van der Waals surface area contributed by atoms with Gasteiger partial charge in [-0.05, 0) is 35.9 Å². The molecule has 0 atom stereocenters. The zero-order valence-corrected chi connectivity index (χ0v) is 14.7. The summed E-state index contributed by atoms with van der Waals surface area (Å²) >= 11 is 6.13. The zero-order valence-electron chi connectivity index (χ0n) is 13.9. The Balaban J connectivity index is 1.92. The lowest BCUT2D eigenvalue weighted by Gasteiger charge is -2.20. The van der Waals surface area contributed by atoms with Gasteiger partial charge in [0.15, 0.2) is 0 Å². The van der Waals surface area contributed by atoms with Crippen molar-refractivity contribution in [3.8, 4) is 5.75 Å². The van der Waals surface area contributed by atoms with Gasteiger partial charge in [0.1, 0.15) is 12.4 Å². The average molecular weight is 386 g/mol. The van der Waals surface area contributed by atoms with Crippen LogP contribution in [-0.4, -0.2) is 25.4 Å². The normalized spacial score (nSPS) is 13.9. The van der Waals surface area contributed by atoms with Crippen LogP contribution in [0.2, 0.25) is 5.02 Å². The molecule has 2 aromatic carbocycles. The van der Waals surface area contributed by atoms with Crippen LogP contribution in [0.5, 0.6) is 5.75 Å². The predicted molar refractivity (Wildman–Crippen MR) is 94.4 cm³/mol. The topological polar surface area (TPSA) is 35.9 Å². The van der Waals surface area contributed by atoms with E-state index in [4.69, 9.17) is 16.3 Å². The van der Waals surface area contributed by atoms with Crippen molar-refractivity contribution in [3.05, 3.63) is 59.2 Å². The molecule has 0 amide bonds. The number of methoxy groups -OCH3 is 1. The highest BCUT2D eigenvalue weighted by Gasteiger charge is 2.34. The Labute approximate surface area is 154 Å². The summed E-state index contributed by atoms with van der Waals surface area (Å²) < 4.78 is 44.3. The molecule has 1 N–H and O–H groups in total. The van der Waals surface area contributed by atoms with Crippen LogP contribution in [0.25, 0.3) is 0 Å². The van der Waals surface area contributed by atoms with E-state index in [0.29, 0.717) is 28.7 Å². The summed E-state index contributed by atoms with van der Waals surface area (Å²) in [6.07, 6.45) is -4.42. The largest absolute Gasteiger partial charge is 0.495 e. The molecular weight excluding hydrogens is 369 g/mol. The van der Waals surface area contributed by atoms with Crippen molar-refractivity contribution >= 4 is 23.0 Å². The first kappa shape index (κ1) is 18.7. The van der Waals surface area contributed by atoms with Crippen LogP contribution in [0.15, 0.2) is 36.4 Å². The van der Waals surface area contributed by atoms with Gasteiger partial charge >= 0.3 is 6.18 Å². The number of nitrogens with zero attached hydrogens (tertiary/aromatic N) is 2. The minimum absolute atomic E-state index is 0.112. The van der Waals surface area contributed by atoms with Crippen LogP contribution < -0.4 is 14.5 Å². The summed E-state index contributed by atoms with van der Waals surface area (Å²) in [7, 11) is 1.51. The maximum Gasteiger partial charge on any atom is 0.416 e. The van der Waals surface area contributed by atoms with Crippen LogP contribution in [0.3, 0.4) is 0 Å². The number of halogens is 4. The summed E-state index contributed by atoms with van der Waals surface area (Å²) in [5, 5.41) is 9.65. The molecule has 1 aliphatic rings. The molecule has 1 radical (unpaired) electrons. The van der Waals surface area contributed by atoms with Crippen molar-refractivity contribution in [1.82, 2.24) is 0 Å². The number of alkyl halides is 3. The summed E-state index contributed by atoms with van der Waals surface area (Å²) in [6, 6.07) is 8.83. The minimum atomic E-state index is -4.42. The molecule has 0 spiro atoms. The molecule has 0 fully saturated rings. The first-order valence-corrected chi connectivity index (χ1v) is 8.24. The lowest BCUT2D eigenvalue weighted by molar-refractivity contribution is -0.137. The summed E-state index contributed by atoms with van der Waals surface area (Å²) in [5.41, 5.74) is 1.15. The summed E-state index contributed by atoms with van der Waals surface area (Å²) in [5.74, 6) is 0.530. The second kappa shape index (κ2) is 7.25. The van der Waals surface area contributed by atoms with Crippen molar-refractivity contribution in [1.29, 1.82) is 0 Å². The zero-order chi connectivity index (χ0) is 18.9. The summed E-state index contributed by atoms with van der Waals surface area (Å²) in [4.78, 5) is 3.43. The molecule has 8 heteroatoms. The first-order chi connectivity index (χ1) is 12.3. The van der Waals surface area contributed by atoms with Crippen LogP contribution in [0.1, 0.15) is 11.1 Å². The number of aliphatic hydroxyl groups is 1. The van der Waals surface area contributed by atoms with Crippen molar-refractivity contribution < 1.29 is 23.0 Å². The van der Waals surface area contributed by atoms with Gasteiger partial charge in [-0.3, -0.25) is 0 Å². The average Bonchev–Trinajstić information content (AvgIpc) is 2.92. The molecular formula is C18H17ClF3N2O2. The first-order valence-electron chi connectivity index (χ1n) is 7.86. The van der Waals surface area contributed by atoms with Gasteiger partial charge in [-0.1, -0.05) is 17.7 Å². The van der Waals surface area contributed by atoms with E-state index in [1.165, 1.54) is 13.2 Å². The van der Waals surface area contributed by atoms with Crippen LogP contribution >= 0.6 is 11.6 Å². The predicted octanol–water partition coefficient (Wildman–Crippen LogP) is 4.31. The molecule has 3 rings (SSSR count). The molecule has 0 bridgehead atoms. The van der Waals surface area contributed by atoms with Crippen molar-refractivity contribution in [3.63, 3.8) is 0 Å². The SMILES string of the molecule is COc1ccc(CN2[CH]N(CCO)c3ccc(C(F)(F)F)cc32)cc1Cl. The lowest BCUT2D eigenvalue weighted by Crippen LogP contribution is -2.27. The third-order valence-corrected chi connectivity index (χ3v) is 4.41. The molecule has 0 aliphatic carbocycles. The van der Waals surface area contributed by atoms with Gasteiger partial charge in [-0.25, -0.2) is 0 Å². The van der Waals surface area contributed by atoms with Gasteiger partial charge in [0.25, 0.3) is 0 Å². The second-order valence-corrected chi connectivity index (χ2v) is 6.24. The molecule has 26 heavy (non-hydrogen) atoms. The van der Waals surface area contributed by atoms with Gasteiger partial charge in [0.05, 0.1) is 35.7 Å². The molecule has 0 aromatic heterocycles. The van der Waals surface area contributed by atoms with Crippen LogP contribution in [0, 0.1) is 6.67 Å². The number of ether oxygens (including phenoxy) is 1. The molecule has 1 aliphatic heterocycles. The van der Waals surface area contributed by atoms with E-state index in [9.17, 15) is 18.3 Å². The smallest absolute Gasteiger partial charge is 0.416 e. The monoisotopic (exact) mass is 385 g/mol. The fourth-order valence-electron chi connectivity index (χ4n) is 2.88. The molecule has 2 aromatic rings. The second-order valence-electron chi connectivity index (χ2n) is 5.83. The van der Waals surface area contributed by atoms with Gasteiger partial charge < -0.3 is 19.6 Å². The number of benzene rings is 2. The highest BCUT2D eigenvalue weighted by Crippen LogP contribution is 2.42. The fourth-order valence-corrected chi connectivity index (χ4v) is 3.16. The fraction of sp³-hybridized carbons (Fsp3) is 0.278. The van der Waals surface area contributed by atoms with Gasteiger partial charge in [0.2, 0.25) is 0 Å². The Kier molecular flexibility index (Phi) is 5.20. The number of rotatable bonds is 5. The van der Waals surface area contributed by atoms with Gasteiger partial charge in [-0.2, -0.15) is 13.2 Å². The van der Waals surface area contributed by atoms with Crippen molar-refractivity contribution in [2.24, 2.45) is 0 Å². The Morgan fingerprint density at radius 2 is 1.85 bits per heavy atom. The number of hydrogen-bond acceptors (Lipinski definition) is 4. The number of aliphatic hydroxyl groups excluding tert-OH is 1. The van der Waals surface area contributed by atoms with E-state index < -0.39 is 11.7 Å². The standard InChI is InChI=1S/C18H17ClF3N2O2/c1-26-17-5-2-12(8-14(17)19)10-24-11-23(6-7-25)15-4-3-13(9-16(15)24)18(20,21)22/h2-5,8-9,11,25H,6-7,10H2,1H3. The molecule has 4 nitrogen and oxygen atoms in total. The van der Waals surface area contributed by atoms with Gasteiger partial charge in [-0.15, -0.1) is 0 Å². The van der Waals surface area contributed by atoms with E-state index in [1.807, 2.05) is 0 Å². The summed E-state index contributed by atoms with van der Waals surface area (Å²) in [6.45, 7) is 2.20. The maximum atomic E-state index is 13.1. The Morgan fingerprint density at radius 3 is 2.46 bits per heavy atom. The number of hydrogen-bond donors (Lipinski definition) is 1.